The highest BCUT2D eigenvalue weighted by Gasteiger charge is 2.06. The smallest absolute Gasteiger partial charge is 0.264 e. The fourth-order valence-corrected chi connectivity index (χ4v) is 1.12. The number of likely N-dealkylation sites (N-methyl/N-ethyl adjacent to an activating group) is 1. The lowest BCUT2D eigenvalue weighted by molar-refractivity contribution is -0.124. The second-order valence-corrected chi connectivity index (χ2v) is 2.96. The van der Waals surface area contributed by atoms with Gasteiger partial charge in [-0.15, -0.1) is 0 Å². The van der Waals surface area contributed by atoms with Crippen molar-refractivity contribution in [1.29, 1.82) is 0 Å². The summed E-state index contributed by atoms with van der Waals surface area (Å²) in [5.41, 5.74) is 0. The van der Waals surface area contributed by atoms with Crippen molar-refractivity contribution in [2.45, 2.75) is 0 Å². The van der Waals surface area contributed by atoms with E-state index >= 15 is 0 Å². The lowest BCUT2D eigenvalue weighted by Gasteiger charge is -2.07. The van der Waals surface area contributed by atoms with Crippen LogP contribution in [0.25, 0.3) is 0 Å². The molecule has 0 aromatic heterocycles. The van der Waals surface area contributed by atoms with Crippen molar-refractivity contribution in [2.75, 3.05) is 19.4 Å². The Morgan fingerprint density at radius 2 is 2.20 bits per heavy atom. The number of halogens is 2. The second-order valence-electron chi connectivity index (χ2n) is 1.91. The van der Waals surface area contributed by atoms with Gasteiger partial charge >= 0.3 is 0 Å². The van der Waals surface area contributed by atoms with Gasteiger partial charge in [0.1, 0.15) is 5.03 Å². The van der Waals surface area contributed by atoms with Crippen LogP contribution in [0.2, 0.25) is 0 Å². The molecule has 0 unspecified atom stereocenters. The number of carbonyl (C=O) groups excluding carboxylic acids is 1. The van der Waals surface area contributed by atoms with Gasteiger partial charge in [0.15, 0.2) is 0 Å². The Morgan fingerprint density at radius 1 is 1.70 bits per heavy atom. The summed E-state index contributed by atoms with van der Waals surface area (Å²) in [4.78, 5) is 12.4. The number of hydrogen-bond acceptors (Lipinski definition) is 1. The van der Waals surface area contributed by atoms with Crippen molar-refractivity contribution < 1.29 is 4.79 Å². The van der Waals surface area contributed by atoms with Gasteiger partial charge in [0.2, 0.25) is 0 Å². The zero-order valence-corrected chi connectivity index (χ0v) is 8.24. The molecule has 0 bridgehead atoms. The van der Waals surface area contributed by atoms with Gasteiger partial charge in [-0.1, -0.05) is 27.5 Å². The number of allylic oxidation sites excluding steroid dienone is 1. The molecule has 0 aliphatic carbocycles. The first-order valence-corrected chi connectivity index (χ1v) is 4.22. The predicted octanol–water partition coefficient (Wildman–Crippen LogP) is 1.59. The molecule has 1 amide bonds. The van der Waals surface area contributed by atoms with E-state index in [2.05, 4.69) is 15.9 Å². The van der Waals surface area contributed by atoms with Crippen LogP contribution in [0.3, 0.4) is 0 Å². The van der Waals surface area contributed by atoms with E-state index < -0.39 is 0 Å². The summed E-state index contributed by atoms with van der Waals surface area (Å²) in [5, 5.41) is 0.854. The SMILES string of the molecule is CN(C)C(=O)C(Cl)=CCBr. The highest BCUT2D eigenvalue weighted by atomic mass is 79.9. The van der Waals surface area contributed by atoms with Gasteiger partial charge in [-0.3, -0.25) is 4.79 Å². The van der Waals surface area contributed by atoms with Gasteiger partial charge in [0.25, 0.3) is 5.91 Å². The van der Waals surface area contributed by atoms with Crippen LogP contribution in [0.1, 0.15) is 0 Å². The topological polar surface area (TPSA) is 20.3 Å². The van der Waals surface area contributed by atoms with Gasteiger partial charge in [-0.25, -0.2) is 0 Å². The molecular formula is C6H9BrClNO. The summed E-state index contributed by atoms with van der Waals surface area (Å²) >= 11 is 8.70. The minimum absolute atomic E-state index is 0.166. The average molecular weight is 227 g/mol. The molecule has 10 heavy (non-hydrogen) atoms. The minimum Gasteiger partial charge on any atom is -0.344 e. The number of rotatable bonds is 2. The molecule has 0 saturated heterocycles. The molecule has 0 heterocycles. The van der Waals surface area contributed by atoms with E-state index in [0.29, 0.717) is 5.33 Å². The fraction of sp³-hybridized carbons (Fsp3) is 0.500. The van der Waals surface area contributed by atoms with Gasteiger partial charge in [0.05, 0.1) is 0 Å². The quantitative estimate of drug-likeness (QED) is 0.517. The third kappa shape index (κ3) is 3.22. The first-order chi connectivity index (χ1) is 4.59. The largest absolute Gasteiger partial charge is 0.344 e. The maximum atomic E-state index is 10.9. The highest BCUT2D eigenvalue weighted by molar-refractivity contribution is 9.09. The number of nitrogens with zero attached hydrogens (tertiary/aromatic N) is 1. The van der Waals surface area contributed by atoms with Crippen molar-refractivity contribution in [3.63, 3.8) is 0 Å². The average Bonchev–Trinajstić information content (AvgIpc) is 1.87. The molecule has 0 radical (unpaired) electrons. The molecule has 0 fully saturated rings. The third-order valence-corrected chi connectivity index (χ3v) is 1.51. The number of carbonyl (C=O) groups is 1. The highest BCUT2D eigenvalue weighted by Crippen LogP contribution is 2.04. The van der Waals surface area contributed by atoms with Crippen LogP contribution >= 0.6 is 27.5 Å². The zero-order valence-electron chi connectivity index (χ0n) is 5.90. The summed E-state index contributed by atoms with van der Waals surface area (Å²) in [7, 11) is 3.32. The Morgan fingerprint density at radius 3 is 2.50 bits per heavy atom. The molecule has 58 valence electrons. The Kier molecular flexibility index (Phi) is 4.73. The van der Waals surface area contributed by atoms with Crippen molar-refractivity contribution >= 4 is 33.4 Å². The van der Waals surface area contributed by atoms with Gasteiger partial charge in [-0.2, -0.15) is 0 Å². The number of hydrogen-bond donors (Lipinski definition) is 0. The maximum absolute atomic E-state index is 10.9. The monoisotopic (exact) mass is 225 g/mol. The van der Waals surface area contributed by atoms with E-state index in [1.165, 1.54) is 4.90 Å². The van der Waals surface area contributed by atoms with Crippen LogP contribution in [0, 0.1) is 0 Å². The molecule has 0 atom stereocenters. The third-order valence-electron chi connectivity index (χ3n) is 0.867. The van der Waals surface area contributed by atoms with E-state index in [1.54, 1.807) is 20.2 Å². The second kappa shape index (κ2) is 4.74. The predicted molar refractivity (Wildman–Crippen MR) is 46.4 cm³/mol. The molecule has 0 N–H and O–H groups in total. The van der Waals surface area contributed by atoms with Crippen LogP contribution < -0.4 is 0 Å². The number of alkyl halides is 1. The first kappa shape index (κ1) is 9.98. The summed E-state index contributed by atoms with van der Waals surface area (Å²) in [6, 6.07) is 0. The summed E-state index contributed by atoms with van der Waals surface area (Å²) < 4.78 is 0. The van der Waals surface area contributed by atoms with E-state index in [0.717, 1.165) is 0 Å². The molecule has 4 heteroatoms. The van der Waals surface area contributed by atoms with E-state index in [1.807, 2.05) is 0 Å². The Bertz CT molecular complexity index is 156. The molecule has 2 nitrogen and oxygen atoms in total. The van der Waals surface area contributed by atoms with Crippen LogP contribution in [-0.4, -0.2) is 30.2 Å². The van der Waals surface area contributed by atoms with Crippen molar-refractivity contribution in [3.8, 4) is 0 Å². The molecule has 0 aliphatic rings. The maximum Gasteiger partial charge on any atom is 0.264 e. The van der Waals surface area contributed by atoms with Crippen LogP contribution in [0.4, 0.5) is 0 Å². The molecule has 0 aromatic carbocycles. The molecular weight excluding hydrogens is 217 g/mol. The molecule has 0 rings (SSSR count). The van der Waals surface area contributed by atoms with Gasteiger partial charge in [0, 0.05) is 19.4 Å². The van der Waals surface area contributed by atoms with Crippen molar-refractivity contribution in [1.82, 2.24) is 4.90 Å². The van der Waals surface area contributed by atoms with Crippen LogP contribution in [0.15, 0.2) is 11.1 Å². The normalized spacial score (nSPS) is 11.4. The Balaban J connectivity index is 4.08. The van der Waals surface area contributed by atoms with Gasteiger partial charge in [-0.05, 0) is 6.08 Å². The lowest BCUT2D eigenvalue weighted by atomic mass is 10.5. The summed E-state index contributed by atoms with van der Waals surface area (Å²) in [6.07, 6.45) is 1.61. The van der Waals surface area contributed by atoms with Crippen LogP contribution in [0.5, 0.6) is 0 Å². The molecule has 0 saturated carbocycles. The summed E-state index contributed by atoms with van der Waals surface area (Å²) in [6.45, 7) is 0. The van der Waals surface area contributed by atoms with Crippen molar-refractivity contribution in [3.05, 3.63) is 11.1 Å². The zero-order chi connectivity index (χ0) is 8.15. The lowest BCUT2D eigenvalue weighted by Crippen LogP contribution is -2.21. The molecule has 0 spiro atoms. The van der Waals surface area contributed by atoms with E-state index in [4.69, 9.17) is 11.6 Å². The Labute approximate surface area is 74.0 Å². The van der Waals surface area contributed by atoms with Gasteiger partial charge < -0.3 is 4.90 Å². The number of amides is 1. The first-order valence-electron chi connectivity index (χ1n) is 2.73. The fourth-order valence-electron chi connectivity index (χ4n) is 0.369. The minimum atomic E-state index is -0.166. The molecule has 0 aliphatic heterocycles. The van der Waals surface area contributed by atoms with Crippen molar-refractivity contribution in [2.24, 2.45) is 0 Å². The standard InChI is InChI=1S/C6H9BrClNO/c1-9(2)6(10)5(8)3-4-7/h3H,4H2,1-2H3. The summed E-state index contributed by atoms with van der Waals surface area (Å²) in [5.74, 6) is -0.166. The van der Waals surface area contributed by atoms with Crippen LogP contribution in [-0.2, 0) is 4.79 Å². The van der Waals surface area contributed by atoms with E-state index in [-0.39, 0.29) is 10.9 Å². The molecule has 0 aromatic rings. The Hall–Kier alpha value is -0.0200. The van der Waals surface area contributed by atoms with E-state index in [9.17, 15) is 4.79 Å².